The summed E-state index contributed by atoms with van der Waals surface area (Å²) in [6, 6.07) is 0. The van der Waals surface area contributed by atoms with E-state index in [1.165, 1.54) is 6.20 Å². The Hall–Kier alpha value is -0.770. The quantitative estimate of drug-likeness (QED) is 0.494. The highest BCUT2D eigenvalue weighted by Crippen LogP contribution is 2.16. The van der Waals surface area contributed by atoms with E-state index < -0.39 is 10.0 Å². The normalized spacial score (nSPS) is 11.2. The van der Waals surface area contributed by atoms with Crippen LogP contribution in [0.25, 0.3) is 0 Å². The number of aryl methyl sites for hydroxylation is 1. The molecule has 78 valence electrons. The molecule has 0 fully saturated rings. The van der Waals surface area contributed by atoms with Gasteiger partial charge in [-0.3, -0.25) is 5.43 Å². The van der Waals surface area contributed by atoms with Gasteiger partial charge in [0.15, 0.2) is 9.32 Å². The van der Waals surface area contributed by atoms with Crippen molar-refractivity contribution < 1.29 is 8.42 Å². The summed E-state index contributed by atoms with van der Waals surface area (Å²) < 4.78 is 23.0. The fourth-order valence-electron chi connectivity index (χ4n) is 0.634. The molecule has 0 bridgehead atoms. The number of nitrogens with one attached hydrogen (secondary N) is 2. The third kappa shape index (κ3) is 2.87. The van der Waals surface area contributed by atoms with Crippen LogP contribution in [0.15, 0.2) is 10.4 Å². The summed E-state index contributed by atoms with van der Waals surface area (Å²) in [6.45, 7) is 1.71. The molecule has 0 aromatic carbocycles. The first-order chi connectivity index (χ1) is 6.42. The molecular formula is C5H8N4O2S3. The van der Waals surface area contributed by atoms with Crippen LogP contribution in [0.2, 0.25) is 0 Å². The van der Waals surface area contributed by atoms with E-state index in [-0.39, 0.29) is 9.32 Å². The molecule has 1 rings (SSSR count). The number of thiocarbonyl (C=S) groups is 1. The second kappa shape index (κ2) is 4.17. The molecule has 0 aliphatic heterocycles. The predicted octanol–water partition coefficient (Wildman–Crippen LogP) is -0.522. The largest absolute Gasteiger partial charge is 0.375 e. The van der Waals surface area contributed by atoms with Crippen LogP contribution in [0.3, 0.4) is 0 Å². The van der Waals surface area contributed by atoms with Gasteiger partial charge in [0.25, 0.3) is 10.0 Å². The summed E-state index contributed by atoms with van der Waals surface area (Å²) in [4.78, 5) is 5.83. The maximum atomic E-state index is 11.4. The zero-order chi connectivity index (χ0) is 10.8. The highest BCUT2D eigenvalue weighted by molar-refractivity contribution is 7.91. The van der Waals surface area contributed by atoms with Crippen molar-refractivity contribution in [3.8, 4) is 0 Å². The van der Waals surface area contributed by atoms with Gasteiger partial charge < -0.3 is 5.73 Å². The second-order valence-corrected chi connectivity index (χ2v) is 5.88. The molecule has 14 heavy (non-hydrogen) atoms. The Balaban J connectivity index is 2.81. The molecule has 0 aliphatic carbocycles. The fourth-order valence-corrected chi connectivity index (χ4v) is 2.71. The summed E-state index contributed by atoms with van der Waals surface area (Å²) >= 11 is 5.51. The Morgan fingerprint density at radius 2 is 2.36 bits per heavy atom. The number of hydrazine groups is 1. The third-order valence-corrected chi connectivity index (χ3v) is 3.90. The first-order valence-electron chi connectivity index (χ1n) is 3.41. The maximum absolute atomic E-state index is 11.4. The van der Waals surface area contributed by atoms with Gasteiger partial charge in [0, 0.05) is 0 Å². The van der Waals surface area contributed by atoms with Crippen molar-refractivity contribution in [3.05, 3.63) is 11.2 Å². The molecule has 1 aromatic heterocycles. The monoisotopic (exact) mass is 252 g/mol. The number of nitrogens with zero attached hydrogens (tertiary/aromatic N) is 1. The third-order valence-electron chi connectivity index (χ3n) is 1.17. The lowest BCUT2D eigenvalue weighted by Gasteiger charge is -2.04. The molecule has 0 radical (unpaired) electrons. The zero-order valence-electron chi connectivity index (χ0n) is 7.14. The minimum Gasteiger partial charge on any atom is -0.375 e. The first-order valence-corrected chi connectivity index (χ1v) is 6.12. The smallest absolute Gasteiger partial charge is 0.268 e. The van der Waals surface area contributed by atoms with Crippen LogP contribution in [0.5, 0.6) is 0 Å². The van der Waals surface area contributed by atoms with Gasteiger partial charge in [-0.25, -0.2) is 13.4 Å². The summed E-state index contributed by atoms with van der Waals surface area (Å²) in [6.07, 6.45) is 1.27. The van der Waals surface area contributed by atoms with E-state index in [4.69, 9.17) is 5.73 Å². The van der Waals surface area contributed by atoms with E-state index in [0.29, 0.717) is 5.01 Å². The van der Waals surface area contributed by atoms with Crippen molar-refractivity contribution in [2.45, 2.75) is 11.1 Å². The minimum atomic E-state index is -3.61. The van der Waals surface area contributed by atoms with Gasteiger partial charge in [0.2, 0.25) is 0 Å². The van der Waals surface area contributed by atoms with Crippen molar-refractivity contribution in [1.29, 1.82) is 0 Å². The molecular weight excluding hydrogens is 244 g/mol. The molecule has 1 heterocycles. The molecule has 0 saturated carbocycles. The van der Waals surface area contributed by atoms with Crippen molar-refractivity contribution in [2.24, 2.45) is 5.73 Å². The van der Waals surface area contributed by atoms with E-state index in [1.807, 2.05) is 4.83 Å². The summed E-state index contributed by atoms with van der Waals surface area (Å²) in [5.41, 5.74) is 7.21. The van der Waals surface area contributed by atoms with Crippen LogP contribution in [0.4, 0.5) is 0 Å². The average Bonchev–Trinajstić information content (AvgIpc) is 2.49. The molecule has 4 N–H and O–H groups in total. The molecule has 0 atom stereocenters. The average molecular weight is 252 g/mol. The van der Waals surface area contributed by atoms with E-state index in [9.17, 15) is 8.42 Å². The summed E-state index contributed by atoms with van der Waals surface area (Å²) in [5.74, 6) is 0. The zero-order valence-corrected chi connectivity index (χ0v) is 9.59. The van der Waals surface area contributed by atoms with E-state index in [2.05, 4.69) is 22.6 Å². The highest BCUT2D eigenvalue weighted by atomic mass is 32.2. The van der Waals surface area contributed by atoms with Crippen LogP contribution in [0.1, 0.15) is 5.01 Å². The Morgan fingerprint density at radius 3 is 2.79 bits per heavy atom. The van der Waals surface area contributed by atoms with Gasteiger partial charge in [-0.05, 0) is 19.1 Å². The van der Waals surface area contributed by atoms with Crippen LogP contribution in [-0.4, -0.2) is 18.5 Å². The fraction of sp³-hybridized carbons (Fsp3) is 0.200. The highest BCUT2D eigenvalue weighted by Gasteiger charge is 2.16. The van der Waals surface area contributed by atoms with E-state index >= 15 is 0 Å². The van der Waals surface area contributed by atoms with Gasteiger partial charge in [-0.2, -0.15) is 0 Å². The number of hydrogen-bond donors (Lipinski definition) is 3. The van der Waals surface area contributed by atoms with Gasteiger partial charge >= 0.3 is 0 Å². The summed E-state index contributed by atoms with van der Waals surface area (Å²) in [5, 5.41) is 0.524. The van der Waals surface area contributed by atoms with Crippen molar-refractivity contribution in [3.63, 3.8) is 0 Å². The molecule has 9 heteroatoms. The maximum Gasteiger partial charge on any atom is 0.268 e. The molecule has 0 saturated heterocycles. The molecule has 0 aliphatic rings. The van der Waals surface area contributed by atoms with E-state index in [1.54, 1.807) is 6.92 Å². The Kier molecular flexibility index (Phi) is 3.37. The number of sulfonamides is 1. The minimum absolute atomic E-state index is 0.110. The number of rotatable bonds is 3. The second-order valence-electron chi connectivity index (χ2n) is 2.29. The SMILES string of the molecule is Cc1ncc(S(=O)(=O)NNC(N)=S)s1. The standard InChI is InChI=1S/C5H8N4O2S3/c1-3-7-2-4(13-3)14(10,11)9-8-5(6)12/h2,9H,1H3,(H3,6,8,12). The lowest BCUT2D eigenvalue weighted by Crippen LogP contribution is -2.43. The van der Waals surface area contributed by atoms with Crippen molar-refractivity contribution >= 4 is 38.7 Å². The Morgan fingerprint density at radius 1 is 1.71 bits per heavy atom. The van der Waals surface area contributed by atoms with Crippen LogP contribution in [-0.2, 0) is 10.0 Å². The van der Waals surface area contributed by atoms with Gasteiger partial charge in [-0.15, -0.1) is 16.2 Å². The van der Waals surface area contributed by atoms with E-state index in [0.717, 1.165) is 11.3 Å². The van der Waals surface area contributed by atoms with Crippen molar-refractivity contribution in [2.75, 3.05) is 0 Å². The first kappa shape index (κ1) is 11.3. The van der Waals surface area contributed by atoms with Gasteiger partial charge in [0.05, 0.1) is 11.2 Å². The molecule has 0 amide bonds. The molecule has 0 unspecified atom stereocenters. The lowest BCUT2D eigenvalue weighted by atomic mass is 10.8. The molecule has 1 aromatic rings. The number of thiazole rings is 1. The Labute approximate surface area is 90.6 Å². The predicted molar refractivity (Wildman–Crippen MR) is 57.1 cm³/mol. The van der Waals surface area contributed by atoms with Crippen LogP contribution < -0.4 is 16.0 Å². The van der Waals surface area contributed by atoms with Crippen LogP contribution in [0, 0.1) is 6.92 Å². The topological polar surface area (TPSA) is 97.1 Å². The number of nitrogens with two attached hydrogens (primary N) is 1. The van der Waals surface area contributed by atoms with Crippen molar-refractivity contribution in [1.82, 2.24) is 15.2 Å². The molecule has 6 nitrogen and oxygen atoms in total. The number of hydrogen-bond acceptors (Lipinski definition) is 5. The van der Waals surface area contributed by atoms with Gasteiger partial charge in [-0.1, -0.05) is 0 Å². The molecule has 0 spiro atoms. The lowest BCUT2D eigenvalue weighted by molar-refractivity contribution is 0.579. The van der Waals surface area contributed by atoms with Crippen LogP contribution >= 0.6 is 23.6 Å². The van der Waals surface area contributed by atoms with Gasteiger partial charge in [0.1, 0.15) is 0 Å². The summed E-state index contributed by atoms with van der Waals surface area (Å²) in [7, 11) is -3.61. The number of aromatic nitrogens is 1. The Bertz CT molecular complexity index is 438.